The molecule has 132 valence electrons. The summed E-state index contributed by atoms with van der Waals surface area (Å²) in [5.74, 6) is 0.353. The Balaban J connectivity index is 1.73. The number of benzene rings is 1. The van der Waals surface area contributed by atoms with Gasteiger partial charge in [-0.1, -0.05) is 6.07 Å². The van der Waals surface area contributed by atoms with Crippen LogP contribution in [-0.2, 0) is 11.8 Å². The molecule has 2 saturated heterocycles. The first-order valence-electron chi connectivity index (χ1n) is 8.93. The van der Waals surface area contributed by atoms with Gasteiger partial charge in [0, 0.05) is 37.0 Å². The van der Waals surface area contributed by atoms with E-state index >= 15 is 0 Å². The lowest BCUT2D eigenvalue weighted by Gasteiger charge is -2.29. The molecule has 6 heteroatoms. The molecule has 25 heavy (non-hydrogen) atoms. The molecule has 6 nitrogen and oxygen atoms in total. The number of rotatable bonds is 2. The van der Waals surface area contributed by atoms with Gasteiger partial charge in [0.2, 0.25) is 5.91 Å². The second kappa shape index (κ2) is 6.19. The fraction of sp³-hybridized carbons (Fsp3) is 0.474. The highest BCUT2D eigenvalue weighted by molar-refractivity contribution is 6.09. The van der Waals surface area contributed by atoms with E-state index in [1.54, 1.807) is 4.90 Å². The van der Waals surface area contributed by atoms with Crippen molar-refractivity contribution in [3.05, 3.63) is 30.0 Å². The molecule has 0 radical (unpaired) electrons. The van der Waals surface area contributed by atoms with Crippen molar-refractivity contribution in [2.24, 2.45) is 7.05 Å². The molecule has 1 N–H and O–H groups in total. The van der Waals surface area contributed by atoms with E-state index < -0.39 is 0 Å². The first-order chi connectivity index (χ1) is 12.0. The Morgan fingerprint density at radius 3 is 2.56 bits per heavy atom. The number of likely N-dealkylation sites (tertiary alicyclic amines) is 1. The molecule has 2 aromatic rings. The molecule has 3 heterocycles. The van der Waals surface area contributed by atoms with Gasteiger partial charge in [-0.25, -0.2) is 4.79 Å². The summed E-state index contributed by atoms with van der Waals surface area (Å²) in [7, 11) is 4.28. The number of aromatic nitrogens is 1. The van der Waals surface area contributed by atoms with Crippen LogP contribution in [-0.4, -0.2) is 48.1 Å². The SMILES string of the molecule is CN1CCC(c2cc3c(N4CCC(=O)NC4=O)cccc3n2C)CC1. The number of anilines is 1. The van der Waals surface area contributed by atoms with Crippen molar-refractivity contribution in [2.75, 3.05) is 31.6 Å². The molecule has 0 atom stereocenters. The summed E-state index contributed by atoms with van der Waals surface area (Å²) < 4.78 is 2.27. The smallest absolute Gasteiger partial charge is 0.328 e. The van der Waals surface area contributed by atoms with Crippen LogP contribution in [0, 0.1) is 0 Å². The Kier molecular flexibility index (Phi) is 4.00. The van der Waals surface area contributed by atoms with Gasteiger partial charge in [0.1, 0.15) is 0 Å². The van der Waals surface area contributed by atoms with Gasteiger partial charge < -0.3 is 9.47 Å². The van der Waals surface area contributed by atoms with Gasteiger partial charge in [-0.3, -0.25) is 15.0 Å². The number of urea groups is 1. The predicted octanol–water partition coefficient (Wildman–Crippen LogP) is 2.43. The van der Waals surface area contributed by atoms with Crippen LogP contribution >= 0.6 is 0 Å². The predicted molar refractivity (Wildman–Crippen MR) is 97.9 cm³/mol. The van der Waals surface area contributed by atoms with Crippen LogP contribution in [0.4, 0.5) is 10.5 Å². The molecule has 1 aromatic heterocycles. The molecule has 4 rings (SSSR count). The van der Waals surface area contributed by atoms with Gasteiger partial charge in [0.15, 0.2) is 0 Å². The van der Waals surface area contributed by atoms with Crippen LogP contribution in [0.1, 0.15) is 30.9 Å². The average molecular weight is 340 g/mol. The van der Waals surface area contributed by atoms with Crippen molar-refractivity contribution >= 4 is 28.5 Å². The van der Waals surface area contributed by atoms with Gasteiger partial charge in [0.25, 0.3) is 0 Å². The number of fused-ring (bicyclic) bond motifs is 1. The van der Waals surface area contributed by atoms with Crippen LogP contribution in [0.2, 0.25) is 0 Å². The van der Waals surface area contributed by atoms with Crippen molar-refractivity contribution in [2.45, 2.75) is 25.2 Å². The lowest BCUT2D eigenvalue weighted by molar-refractivity contribution is -0.120. The third kappa shape index (κ3) is 2.80. The molecule has 0 spiro atoms. The van der Waals surface area contributed by atoms with Crippen molar-refractivity contribution < 1.29 is 9.59 Å². The van der Waals surface area contributed by atoms with E-state index in [0.29, 0.717) is 18.9 Å². The van der Waals surface area contributed by atoms with Gasteiger partial charge in [-0.2, -0.15) is 0 Å². The molecule has 0 unspecified atom stereocenters. The number of aryl methyl sites for hydroxylation is 1. The third-order valence-electron chi connectivity index (χ3n) is 5.58. The number of hydrogen-bond donors (Lipinski definition) is 1. The lowest BCUT2D eigenvalue weighted by Crippen LogP contribution is -2.49. The maximum absolute atomic E-state index is 12.3. The molecule has 0 aliphatic carbocycles. The van der Waals surface area contributed by atoms with Gasteiger partial charge in [-0.05, 0) is 51.2 Å². The summed E-state index contributed by atoms with van der Waals surface area (Å²) in [5, 5.41) is 3.50. The van der Waals surface area contributed by atoms with Gasteiger partial charge in [0.05, 0.1) is 11.2 Å². The zero-order valence-corrected chi connectivity index (χ0v) is 14.8. The Bertz CT molecular complexity index is 833. The highest BCUT2D eigenvalue weighted by Gasteiger charge is 2.27. The van der Waals surface area contributed by atoms with E-state index in [9.17, 15) is 9.59 Å². The normalized spacial score (nSPS) is 20.3. The molecule has 2 fully saturated rings. The molecule has 0 saturated carbocycles. The van der Waals surface area contributed by atoms with Crippen molar-refractivity contribution in [3.63, 3.8) is 0 Å². The minimum Gasteiger partial charge on any atom is -0.347 e. The van der Waals surface area contributed by atoms with E-state index in [-0.39, 0.29) is 11.9 Å². The van der Waals surface area contributed by atoms with E-state index in [2.05, 4.69) is 41.0 Å². The standard InChI is InChI=1S/C19H24N4O2/c1-21-9-6-13(7-10-21)17-12-14-15(22(17)2)4-3-5-16(14)23-11-8-18(24)20-19(23)25/h3-5,12-13H,6-11H2,1-2H3,(H,20,24,25). The van der Waals surface area contributed by atoms with E-state index in [1.165, 1.54) is 5.69 Å². The number of amides is 3. The number of imide groups is 1. The Labute approximate surface area is 147 Å². The van der Waals surface area contributed by atoms with Crippen LogP contribution in [0.5, 0.6) is 0 Å². The number of carbonyl (C=O) groups excluding carboxylic acids is 2. The number of nitrogens with one attached hydrogen (secondary N) is 1. The molecule has 2 aliphatic heterocycles. The second-order valence-corrected chi connectivity index (χ2v) is 7.17. The van der Waals surface area contributed by atoms with E-state index in [0.717, 1.165) is 42.5 Å². The highest BCUT2D eigenvalue weighted by atomic mass is 16.2. The molecule has 3 amide bonds. The van der Waals surface area contributed by atoms with Crippen LogP contribution in [0.25, 0.3) is 10.9 Å². The van der Waals surface area contributed by atoms with E-state index in [4.69, 9.17) is 0 Å². The van der Waals surface area contributed by atoms with Crippen molar-refractivity contribution in [1.29, 1.82) is 0 Å². The van der Waals surface area contributed by atoms with Crippen molar-refractivity contribution in [1.82, 2.24) is 14.8 Å². The highest BCUT2D eigenvalue weighted by Crippen LogP contribution is 2.35. The quantitative estimate of drug-likeness (QED) is 0.913. The number of hydrogen-bond acceptors (Lipinski definition) is 3. The largest absolute Gasteiger partial charge is 0.347 e. The summed E-state index contributed by atoms with van der Waals surface area (Å²) in [6.07, 6.45) is 2.67. The number of piperidine rings is 1. The maximum Gasteiger partial charge on any atom is 0.328 e. The Hall–Kier alpha value is -2.34. The zero-order chi connectivity index (χ0) is 17.6. The Morgan fingerprint density at radius 2 is 1.84 bits per heavy atom. The van der Waals surface area contributed by atoms with Crippen molar-refractivity contribution in [3.8, 4) is 0 Å². The minimum atomic E-state index is -0.326. The van der Waals surface area contributed by atoms with Gasteiger partial charge >= 0.3 is 6.03 Å². The van der Waals surface area contributed by atoms with Crippen LogP contribution < -0.4 is 10.2 Å². The fourth-order valence-corrected chi connectivity index (χ4v) is 4.09. The lowest BCUT2D eigenvalue weighted by atomic mass is 9.93. The fourth-order valence-electron chi connectivity index (χ4n) is 4.09. The first-order valence-corrected chi connectivity index (χ1v) is 8.93. The van der Waals surface area contributed by atoms with Gasteiger partial charge in [-0.15, -0.1) is 0 Å². The maximum atomic E-state index is 12.3. The molecule has 2 aliphatic rings. The minimum absolute atomic E-state index is 0.200. The Morgan fingerprint density at radius 1 is 1.08 bits per heavy atom. The second-order valence-electron chi connectivity index (χ2n) is 7.17. The van der Waals surface area contributed by atoms with Crippen LogP contribution in [0.15, 0.2) is 24.3 Å². The first kappa shape index (κ1) is 16.1. The molecule has 1 aromatic carbocycles. The molecular formula is C19H24N4O2. The topological polar surface area (TPSA) is 57.6 Å². The van der Waals surface area contributed by atoms with Crippen LogP contribution in [0.3, 0.4) is 0 Å². The summed E-state index contributed by atoms with van der Waals surface area (Å²) >= 11 is 0. The number of nitrogens with zero attached hydrogens (tertiary/aromatic N) is 3. The summed E-state index contributed by atoms with van der Waals surface area (Å²) in [6, 6.07) is 7.97. The number of carbonyl (C=O) groups is 2. The zero-order valence-electron chi connectivity index (χ0n) is 14.8. The average Bonchev–Trinajstić information content (AvgIpc) is 2.93. The summed E-state index contributed by atoms with van der Waals surface area (Å²) in [4.78, 5) is 27.8. The monoisotopic (exact) mass is 340 g/mol. The third-order valence-corrected chi connectivity index (χ3v) is 5.58. The molecule has 0 bridgehead atoms. The molecular weight excluding hydrogens is 316 g/mol. The van der Waals surface area contributed by atoms with E-state index in [1.807, 2.05) is 12.1 Å². The summed E-state index contributed by atoms with van der Waals surface area (Å²) in [6.45, 7) is 2.67. The summed E-state index contributed by atoms with van der Waals surface area (Å²) in [5.41, 5.74) is 3.36.